The van der Waals surface area contributed by atoms with Gasteiger partial charge < -0.3 is 5.11 Å². The summed E-state index contributed by atoms with van der Waals surface area (Å²) < 4.78 is 0. The second kappa shape index (κ2) is 5.08. The highest BCUT2D eigenvalue weighted by Gasteiger charge is 2.60. The van der Waals surface area contributed by atoms with Crippen molar-refractivity contribution in [2.45, 2.75) is 63.9 Å². The SMILES string of the molecule is C#C[C@]1(O)C=C[C@H]2[C@@H]3CCC4=C(CCC(=O)C4)[C@H]3CC[C@@]21CC. The van der Waals surface area contributed by atoms with Crippen LogP contribution >= 0.6 is 0 Å². The maximum Gasteiger partial charge on any atom is 0.149 e. The van der Waals surface area contributed by atoms with Gasteiger partial charge in [-0.3, -0.25) is 4.79 Å². The summed E-state index contributed by atoms with van der Waals surface area (Å²) in [5.74, 6) is 4.71. The zero-order chi connectivity index (χ0) is 16.2. The normalized spacial score (nSPS) is 45.3. The highest BCUT2D eigenvalue weighted by molar-refractivity contribution is 5.82. The van der Waals surface area contributed by atoms with Crippen molar-refractivity contribution < 1.29 is 9.90 Å². The minimum absolute atomic E-state index is 0.175. The monoisotopic (exact) mass is 310 g/mol. The number of rotatable bonds is 1. The number of carbonyl (C=O) groups excluding carboxylic acids is 1. The van der Waals surface area contributed by atoms with Crippen molar-refractivity contribution in [1.29, 1.82) is 0 Å². The number of hydrogen-bond donors (Lipinski definition) is 1. The van der Waals surface area contributed by atoms with Gasteiger partial charge >= 0.3 is 0 Å². The minimum atomic E-state index is -1.07. The molecule has 1 N–H and O–H groups in total. The molecule has 1 saturated carbocycles. The van der Waals surface area contributed by atoms with E-state index in [-0.39, 0.29) is 5.41 Å². The summed E-state index contributed by atoms with van der Waals surface area (Å²) in [5, 5.41) is 11.0. The van der Waals surface area contributed by atoms with Gasteiger partial charge in [0.15, 0.2) is 0 Å². The fourth-order valence-corrected chi connectivity index (χ4v) is 6.25. The van der Waals surface area contributed by atoms with Gasteiger partial charge in [0.2, 0.25) is 0 Å². The number of fused-ring (bicyclic) bond motifs is 4. The van der Waals surface area contributed by atoms with Crippen LogP contribution in [0, 0.1) is 35.5 Å². The number of carbonyl (C=O) groups is 1. The van der Waals surface area contributed by atoms with Gasteiger partial charge in [0.05, 0.1) is 0 Å². The molecule has 0 aliphatic heterocycles. The average Bonchev–Trinajstić information content (AvgIpc) is 2.88. The molecule has 0 heterocycles. The van der Waals surface area contributed by atoms with Crippen LogP contribution in [-0.4, -0.2) is 16.5 Å². The molecular weight excluding hydrogens is 284 g/mol. The standard InChI is InChI=1S/C21H26O2/c1-3-20-11-9-17-16-8-6-15(22)13-14(16)5-7-18(17)19(20)10-12-21(20,23)4-2/h2,10,12,17-19,23H,3,5-9,11,13H2,1H3/t17-,18-,19+,20+,21+/m1/s1. The fraction of sp³-hybridized carbons (Fsp3) is 0.667. The zero-order valence-corrected chi connectivity index (χ0v) is 14.0. The summed E-state index contributed by atoms with van der Waals surface area (Å²) in [5.41, 5.74) is 1.79. The van der Waals surface area contributed by atoms with E-state index in [1.165, 1.54) is 5.57 Å². The lowest BCUT2D eigenvalue weighted by Gasteiger charge is -2.54. The van der Waals surface area contributed by atoms with Crippen LogP contribution in [-0.2, 0) is 4.79 Å². The number of terminal acetylenes is 1. The van der Waals surface area contributed by atoms with Gasteiger partial charge in [0, 0.05) is 18.3 Å². The average molecular weight is 310 g/mol. The summed E-state index contributed by atoms with van der Waals surface area (Å²) in [6, 6.07) is 0. The molecule has 4 aliphatic carbocycles. The third kappa shape index (κ3) is 1.89. The summed E-state index contributed by atoms with van der Waals surface area (Å²) in [7, 11) is 0. The van der Waals surface area contributed by atoms with Gasteiger partial charge in [0.1, 0.15) is 11.4 Å². The molecule has 122 valence electrons. The number of hydrogen-bond acceptors (Lipinski definition) is 2. The fourth-order valence-electron chi connectivity index (χ4n) is 6.25. The first kappa shape index (κ1) is 15.2. The Hall–Kier alpha value is -1.33. The highest BCUT2D eigenvalue weighted by atomic mass is 16.3. The Morgan fingerprint density at radius 1 is 1.35 bits per heavy atom. The first-order valence-electron chi connectivity index (χ1n) is 9.16. The largest absolute Gasteiger partial charge is 0.373 e. The molecule has 1 fully saturated rings. The summed E-state index contributed by atoms with van der Waals surface area (Å²) in [6.07, 6.45) is 17.5. The summed E-state index contributed by atoms with van der Waals surface area (Å²) in [4.78, 5) is 11.8. The van der Waals surface area contributed by atoms with E-state index in [0.717, 1.165) is 44.9 Å². The first-order chi connectivity index (χ1) is 11.0. The van der Waals surface area contributed by atoms with Crippen LogP contribution in [0.15, 0.2) is 23.3 Å². The number of Topliss-reactive ketones (excluding diaryl/α,β-unsaturated/α-hetero) is 1. The maximum absolute atomic E-state index is 11.8. The molecule has 0 spiro atoms. The lowest BCUT2D eigenvalue weighted by Crippen LogP contribution is -2.53. The molecule has 0 unspecified atom stereocenters. The summed E-state index contributed by atoms with van der Waals surface area (Å²) >= 11 is 0. The maximum atomic E-state index is 11.8. The van der Waals surface area contributed by atoms with Gasteiger partial charge in [-0.25, -0.2) is 0 Å². The van der Waals surface area contributed by atoms with E-state index < -0.39 is 5.60 Å². The molecule has 0 saturated heterocycles. The van der Waals surface area contributed by atoms with Crippen LogP contribution in [0.2, 0.25) is 0 Å². The number of allylic oxidation sites excluding steroid dienone is 3. The molecular formula is C21H26O2. The van der Waals surface area contributed by atoms with Crippen LogP contribution in [0.1, 0.15) is 58.3 Å². The van der Waals surface area contributed by atoms with Gasteiger partial charge in [-0.05, 0) is 62.4 Å². The van der Waals surface area contributed by atoms with E-state index in [2.05, 4.69) is 18.9 Å². The van der Waals surface area contributed by atoms with Crippen molar-refractivity contribution in [3.8, 4) is 12.3 Å². The number of aliphatic hydroxyl groups is 1. The van der Waals surface area contributed by atoms with Crippen LogP contribution < -0.4 is 0 Å². The van der Waals surface area contributed by atoms with E-state index in [4.69, 9.17) is 6.42 Å². The quantitative estimate of drug-likeness (QED) is 0.591. The van der Waals surface area contributed by atoms with Gasteiger partial charge in [-0.15, -0.1) is 6.42 Å². The Kier molecular flexibility index (Phi) is 3.36. The Labute approximate surface area is 139 Å². The van der Waals surface area contributed by atoms with Crippen molar-refractivity contribution in [3.63, 3.8) is 0 Å². The van der Waals surface area contributed by atoms with Gasteiger partial charge in [-0.1, -0.05) is 30.1 Å². The number of ketones is 1. The molecule has 0 radical (unpaired) electrons. The Morgan fingerprint density at radius 3 is 2.91 bits per heavy atom. The van der Waals surface area contributed by atoms with Crippen molar-refractivity contribution in [2.75, 3.05) is 0 Å². The Balaban J connectivity index is 1.70. The summed E-state index contributed by atoms with van der Waals surface area (Å²) in [6.45, 7) is 2.18. The molecule has 2 heteroatoms. The van der Waals surface area contributed by atoms with Gasteiger partial charge in [0.25, 0.3) is 0 Å². The third-order valence-corrected chi connectivity index (χ3v) is 7.44. The second-order valence-corrected chi connectivity index (χ2v) is 8.00. The predicted molar refractivity (Wildman–Crippen MR) is 90.5 cm³/mol. The minimum Gasteiger partial charge on any atom is -0.373 e. The molecule has 4 rings (SSSR count). The van der Waals surface area contributed by atoms with Crippen molar-refractivity contribution in [3.05, 3.63) is 23.3 Å². The van der Waals surface area contributed by atoms with Crippen LogP contribution in [0.3, 0.4) is 0 Å². The Morgan fingerprint density at radius 2 is 2.17 bits per heavy atom. The van der Waals surface area contributed by atoms with E-state index >= 15 is 0 Å². The van der Waals surface area contributed by atoms with E-state index in [9.17, 15) is 9.90 Å². The molecule has 4 aliphatic rings. The van der Waals surface area contributed by atoms with Crippen LogP contribution in [0.5, 0.6) is 0 Å². The van der Waals surface area contributed by atoms with Crippen molar-refractivity contribution >= 4 is 5.78 Å². The zero-order valence-electron chi connectivity index (χ0n) is 14.0. The molecule has 0 aromatic rings. The topological polar surface area (TPSA) is 37.3 Å². The molecule has 23 heavy (non-hydrogen) atoms. The lowest BCUT2D eigenvalue weighted by molar-refractivity contribution is -0.119. The van der Waals surface area contributed by atoms with E-state index in [1.807, 2.05) is 6.08 Å². The predicted octanol–water partition coefficient (Wildman–Crippen LogP) is 3.80. The third-order valence-electron chi connectivity index (χ3n) is 7.44. The van der Waals surface area contributed by atoms with Crippen molar-refractivity contribution in [2.24, 2.45) is 23.2 Å². The van der Waals surface area contributed by atoms with Gasteiger partial charge in [-0.2, -0.15) is 0 Å². The smallest absolute Gasteiger partial charge is 0.149 e. The van der Waals surface area contributed by atoms with E-state index in [1.54, 1.807) is 5.57 Å². The highest BCUT2D eigenvalue weighted by Crippen LogP contribution is 2.63. The Bertz CT molecular complexity index is 649. The second-order valence-electron chi connectivity index (χ2n) is 8.00. The van der Waals surface area contributed by atoms with Crippen LogP contribution in [0.25, 0.3) is 0 Å². The van der Waals surface area contributed by atoms with E-state index in [0.29, 0.717) is 30.0 Å². The van der Waals surface area contributed by atoms with Crippen molar-refractivity contribution in [1.82, 2.24) is 0 Å². The molecule has 0 aromatic carbocycles. The molecule has 0 amide bonds. The molecule has 0 bridgehead atoms. The lowest BCUT2D eigenvalue weighted by atomic mass is 9.50. The first-order valence-corrected chi connectivity index (χ1v) is 9.16. The molecule has 2 nitrogen and oxygen atoms in total. The van der Waals surface area contributed by atoms with Crippen LogP contribution in [0.4, 0.5) is 0 Å². The molecule has 5 atom stereocenters. The molecule has 0 aromatic heterocycles.